The molecule has 29 heavy (non-hydrogen) atoms. The lowest BCUT2D eigenvalue weighted by Gasteiger charge is -2.41. The molecule has 2 aliphatic heterocycles. The minimum Gasteiger partial charge on any atom is -0.442 e. The number of rotatable bonds is 4. The third-order valence-electron chi connectivity index (χ3n) is 5.38. The Balaban J connectivity index is 1.73. The molecular formula is C21H25FN4O3. The number of anilines is 2. The van der Waals surface area contributed by atoms with Crippen LogP contribution in [-0.4, -0.2) is 44.3 Å². The molecule has 2 heterocycles. The first kappa shape index (κ1) is 20.6. The highest BCUT2D eigenvalue weighted by molar-refractivity contribution is 5.90. The van der Waals surface area contributed by atoms with Crippen LogP contribution >= 0.6 is 0 Å². The Labute approximate surface area is 169 Å². The van der Waals surface area contributed by atoms with Gasteiger partial charge in [-0.1, -0.05) is 19.4 Å². The van der Waals surface area contributed by atoms with Gasteiger partial charge in [0.15, 0.2) is 0 Å². The number of nitrogens with one attached hydrogen (secondary N) is 1. The van der Waals surface area contributed by atoms with E-state index in [0.29, 0.717) is 30.9 Å². The van der Waals surface area contributed by atoms with E-state index >= 15 is 0 Å². The van der Waals surface area contributed by atoms with Crippen LogP contribution in [0.2, 0.25) is 0 Å². The average molecular weight is 400 g/mol. The number of ether oxygens (including phenoxy) is 1. The van der Waals surface area contributed by atoms with Crippen molar-refractivity contribution in [2.24, 2.45) is 5.41 Å². The molecule has 0 saturated carbocycles. The van der Waals surface area contributed by atoms with Gasteiger partial charge in [0.05, 0.1) is 30.5 Å². The first-order valence-corrected chi connectivity index (χ1v) is 9.57. The van der Waals surface area contributed by atoms with E-state index < -0.39 is 18.0 Å². The Kier molecular flexibility index (Phi) is 5.78. The van der Waals surface area contributed by atoms with Crippen LogP contribution in [0.3, 0.4) is 0 Å². The van der Waals surface area contributed by atoms with Crippen molar-refractivity contribution < 1.29 is 18.7 Å². The topological polar surface area (TPSA) is 85.7 Å². The number of hydrogen-bond acceptors (Lipinski definition) is 5. The maximum absolute atomic E-state index is 14.9. The van der Waals surface area contributed by atoms with E-state index in [-0.39, 0.29) is 24.4 Å². The fraction of sp³-hybridized carbons (Fsp3) is 0.476. The van der Waals surface area contributed by atoms with Crippen molar-refractivity contribution in [3.63, 3.8) is 0 Å². The van der Waals surface area contributed by atoms with Gasteiger partial charge in [0.25, 0.3) is 0 Å². The molecule has 8 heteroatoms. The Hall–Kier alpha value is -3.08. The number of carbonyl (C=O) groups excluding carboxylic acids is 2. The van der Waals surface area contributed by atoms with Gasteiger partial charge in [0.1, 0.15) is 11.9 Å². The normalized spacial score (nSPS) is 22.4. The minimum absolute atomic E-state index is 0.202. The fourth-order valence-corrected chi connectivity index (χ4v) is 3.82. The second-order valence-corrected chi connectivity index (χ2v) is 8.04. The van der Waals surface area contributed by atoms with Crippen molar-refractivity contribution in [2.45, 2.75) is 33.3 Å². The summed E-state index contributed by atoms with van der Waals surface area (Å²) in [6.45, 7) is 7.17. The number of nitriles is 1. The smallest absolute Gasteiger partial charge is 0.414 e. The largest absolute Gasteiger partial charge is 0.442 e. The van der Waals surface area contributed by atoms with Crippen LogP contribution in [0.25, 0.3) is 0 Å². The molecular weight excluding hydrogens is 375 g/mol. The van der Waals surface area contributed by atoms with Crippen LogP contribution in [0.15, 0.2) is 29.8 Å². The van der Waals surface area contributed by atoms with Crippen molar-refractivity contribution in [3.05, 3.63) is 35.7 Å². The zero-order valence-corrected chi connectivity index (χ0v) is 16.9. The number of piperidine rings is 1. The van der Waals surface area contributed by atoms with Crippen LogP contribution in [0, 0.1) is 22.6 Å². The van der Waals surface area contributed by atoms with Gasteiger partial charge in [-0.15, -0.1) is 0 Å². The summed E-state index contributed by atoms with van der Waals surface area (Å²) in [5, 5.41) is 11.6. The summed E-state index contributed by atoms with van der Waals surface area (Å²) in [5.41, 5.74) is 1.73. The molecule has 7 nitrogen and oxygen atoms in total. The highest BCUT2D eigenvalue weighted by Gasteiger charge is 2.34. The molecule has 1 aromatic carbocycles. The summed E-state index contributed by atoms with van der Waals surface area (Å²) >= 11 is 0. The highest BCUT2D eigenvalue weighted by atomic mass is 19.1. The van der Waals surface area contributed by atoms with Gasteiger partial charge >= 0.3 is 6.09 Å². The zero-order valence-electron chi connectivity index (χ0n) is 16.9. The van der Waals surface area contributed by atoms with E-state index in [0.717, 1.165) is 5.57 Å². The molecule has 0 aliphatic carbocycles. The summed E-state index contributed by atoms with van der Waals surface area (Å²) < 4.78 is 20.2. The Morgan fingerprint density at radius 1 is 1.48 bits per heavy atom. The number of allylic oxidation sites excluding steroid dienone is 1. The number of cyclic esters (lactones) is 1. The van der Waals surface area contributed by atoms with Gasteiger partial charge in [-0.05, 0) is 24.6 Å². The first-order chi connectivity index (χ1) is 13.7. The van der Waals surface area contributed by atoms with E-state index in [9.17, 15) is 14.0 Å². The van der Waals surface area contributed by atoms with Crippen molar-refractivity contribution in [1.82, 2.24) is 5.32 Å². The number of halogens is 1. The quantitative estimate of drug-likeness (QED) is 0.786. The standard InChI is InChI=1S/C21H25FN4O3/c1-14(27)24-11-17-12-26(20(28)29-17)16-4-5-19(18(22)10-16)25-9-7-15(6-8-23)21(2,3)13-25/h4-6,10,17H,7,9,11-13H2,1-3H3,(H,24,27)/b15-6+/t17-/m0/s1. The summed E-state index contributed by atoms with van der Waals surface area (Å²) in [6.07, 6.45) is 1.26. The molecule has 2 amide bonds. The number of carbonyl (C=O) groups is 2. The average Bonchev–Trinajstić information content (AvgIpc) is 3.02. The fourth-order valence-electron chi connectivity index (χ4n) is 3.82. The molecule has 1 N–H and O–H groups in total. The molecule has 2 fully saturated rings. The highest BCUT2D eigenvalue weighted by Crippen LogP contribution is 2.37. The third kappa shape index (κ3) is 4.50. The summed E-state index contributed by atoms with van der Waals surface area (Å²) in [7, 11) is 0. The SMILES string of the molecule is CC(=O)NC[C@H]1CN(c2ccc(N3CC/C(=C\C#N)C(C)(C)C3)c(F)c2)C(=O)O1. The Morgan fingerprint density at radius 3 is 2.86 bits per heavy atom. The van der Waals surface area contributed by atoms with Crippen LogP contribution in [-0.2, 0) is 9.53 Å². The van der Waals surface area contributed by atoms with Gasteiger partial charge in [-0.3, -0.25) is 9.69 Å². The second kappa shape index (κ2) is 8.11. The monoisotopic (exact) mass is 400 g/mol. The van der Waals surface area contributed by atoms with E-state index in [1.807, 2.05) is 18.7 Å². The number of amides is 2. The van der Waals surface area contributed by atoms with Crippen LogP contribution in [0.5, 0.6) is 0 Å². The lowest BCUT2D eigenvalue weighted by Crippen LogP contribution is -2.42. The molecule has 0 unspecified atom stereocenters. The second-order valence-electron chi connectivity index (χ2n) is 8.04. The lowest BCUT2D eigenvalue weighted by molar-refractivity contribution is -0.119. The van der Waals surface area contributed by atoms with Gasteiger partial charge in [0.2, 0.25) is 5.91 Å². The van der Waals surface area contributed by atoms with Gasteiger partial charge in [-0.25, -0.2) is 9.18 Å². The molecule has 1 atom stereocenters. The number of hydrogen-bond donors (Lipinski definition) is 1. The van der Waals surface area contributed by atoms with Crippen molar-refractivity contribution in [1.29, 1.82) is 5.26 Å². The zero-order chi connectivity index (χ0) is 21.2. The van der Waals surface area contributed by atoms with Crippen LogP contribution in [0.4, 0.5) is 20.6 Å². The molecule has 0 radical (unpaired) electrons. The molecule has 2 aliphatic rings. The van der Waals surface area contributed by atoms with Crippen molar-refractivity contribution in [2.75, 3.05) is 36.0 Å². The van der Waals surface area contributed by atoms with E-state index in [1.165, 1.54) is 17.9 Å². The molecule has 154 valence electrons. The third-order valence-corrected chi connectivity index (χ3v) is 5.38. The molecule has 3 rings (SSSR count). The maximum atomic E-state index is 14.9. The van der Waals surface area contributed by atoms with Crippen LogP contribution < -0.4 is 15.1 Å². The van der Waals surface area contributed by atoms with Crippen molar-refractivity contribution in [3.8, 4) is 6.07 Å². The van der Waals surface area contributed by atoms with Gasteiger partial charge in [-0.2, -0.15) is 5.26 Å². The van der Waals surface area contributed by atoms with Gasteiger partial charge in [0, 0.05) is 31.5 Å². The summed E-state index contributed by atoms with van der Waals surface area (Å²) in [6, 6.07) is 6.81. The number of nitrogens with zero attached hydrogens (tertiary/aromatic N) is 3. The minimum atomic E-state index is -0.558. The molecule has 0 aromatic heterocycles. The summed E-state index contributed by atoms with van der Waals surface area (Å²) in [5.74, 6) is -0.615. The molecule has 1 aromatic rings. The predicted molar refractivity (Wildman–Crippen MR) is 107 cm³/mol. The molecule has 0 bridgehead atoms. The van der Waals surface area contributed by atoms with Crippen molar-refractivity contribution >= 4 is 23.4 Å². The Morgan fingerprint density at radius 2 is 2.24 bits per heavy atom. The number of benzene rings is 1. The van der Waals surface area contributed by atoms with E-state index in [1.54, 1.807) is 18.2 Å². The Bertz CT molecular complexity index is 890. The van der Waals surface area contributed by atoms with E-state index in [4.69, 9.17) is 10.00 Å². The van der Waals surface area contributed by atoms with Gasteiger partial charge < -0.3 is 15.0 Å². The van der Waals surface area contributed by atoms with E-state index in [2.05, 4.69) is 11.4 Å². The molecule has 2 saturated heterocycles. The first-order valence-electron chi connectivity index (χ1n) is 9.57. The molecule has 0 spiro atoms. The van der Waals surface area contributed by atoms with Crippen LogP contribution in [0.1, 0.15) is 27.2 Å². The summed E-state index contributed by atoms with van der Waals surface area (Å²) in [4.78, 5) is 26.5. The predicted octanol–water partition coefficient (Wildman–Crippen LogP) is 2.97. The lowest BCUT2D eigenvalue weighted by atomic mass is 9.78. The maximum Gasteiger partial charge on any atom is 0.414 e.